The number of benzene rings is 1. The lowest BCUT2D eigenvalue weighted by Gasteiger charge is -2.23. The number of hydrogen-bond acceptors (Lipinski definition) is 3. The summed E-state index contributed by atoms with van der Waals surface area (Å²) in [4.78, 5) is 0.225. The molecule has 0 radical (unpaired) electrons. The average Bonchev–Trinajstić information content (AvgIpc) is 2.34. The molecule has 102 valence electrons. The van der Waals surface area contributed by atoms with E-state index in [2.05, 4.69) is 19.2 Å². The van der Waals surface area contributed by atoms with Crippen LogP contribution in [-0.2, 0) is 10.0 Å². The highest BCUT2D eigenvalue weighted by atomic mass is 32.2. The van der Waals surface area contributed by atoms with Crippen molar-refractivity contribution >= 4 is 10.0 Å². The van der Waals surface area contributed by atoms with Crippen molar-refractivity contribution in [3.05, 3.63) is 29.8 Å². The van der Waals surface area contributed by atoms with Gasteiger partial charge in [0, 0.05) is 6.04 Å². The first kappa shape index (κ1) is 15.1. The summed E-state index contributed by atoms with van der Waals surface area (Å²) in [6.45, 7) is 7.09. The SMILES string of the molecule is CCCNC(C)C(C)c1ccccc1S(N)(=O)=O. The van der Waals surface area contributed by atoms with E-state index in [0.29, 0.717) is 0 Å². The maximum absolute atomic E-state index is 11.6. The number of sulfonamides is 1. The predicted molar refractivity (Wildman–Crippen MR) is 74.0 cm³/mol. The minimum atomic E-state index is -3.66. The van der Waals surface area contributed by atoms with Gasteiger partial charge in [0.05, 0.1) is 4.90 Å². The molecule has 0 saturated carbocycles. The summed E-state index contributed by atoms with van der Waals surface area (Å²) < 4.78 is 23.1. The van der Waals surface area contributed by atoms with Gasteiger partial charge in [-0.05, 0) is 37.4 Å². The third-order valence-corrected chi connectivity index (χ3v) is 4.17. The molecule has 0 fully saturated rings. The summed E-state index contributed by atoms with van der Waals surface area (Å²) in [6.07, 6.45) is 1.05. The zero-order valence-electron chi connectivity index (χ0n) is 11.2. The second kappa shape index (κ2) is 6.31. The minimum absolute atomic E-state index is 0.0890. The van der Waals surface area contributed by atoms with Gasteiger partial charge in [0.25, 0.3) is 0 Å². The van der Waals surface area contributed by atoms with E-state index in [1.807, 2.05) is 19.1 Å². The summed E-state index contributed by atoms with van der Waals surface area (Å²) >= 11 is 0. The second-order valence-corrected chi connectivity index (χ2v) is 6.14. The van der Waals surface area contributed by atoms with Gasteiger partial charge >= 0.3 is 0 Å². The summed E-state index contributed by atoms with van der Waals surface area (Å²) in [6, 6.07) is 7.13. The first-order valence-corrected chi connectivity index (χ1v) is 7.77. The zero-order chi connectivity index (χ0) is 13.8. The normalized spacial score (nSPS) is 15.3. The lowest BCUT2D eigenvalue weighted by atomic mass is 9.94. The van der Waals surface area contributed by atoms with Gasteiger partial charge in [0.15, 0.2) is 0 Å². The molecular weight excluding hydrogens is 248 g/mol. The third-order valence-electron chi connectivity index (χ3n) is 3.18. The number of rotatable bonds is 6. The van der Waals surface area contributed by atoms with E-state index in [-0.39, 0.29) is 16.9 Å². The maximum Gasteiger partial charge on any atom is 0.238 e. The van der Waals surface area contributed by atoms with Gasteiger partial charge in [-0.2, -0.15) is 0 Å². The van der Waals surface area contributed by atoms with Gasteiger partial charge in [-0.15, -0.1) is 0 Å². The van der Waals surface area contributed by atoms with E-state index in [1.165, 1.54) is 0 Å². The highest BCUT2D eigenvalue weighted by Gasteiger charge is 2.21. The van der Waals surface area contributed by atoms with E-state index in [0.717, 1.165) is 18.5 Å². The first-order chi connectivity index (χ1) is 8.38. The molecule has 2 unspecified atom stereocenters. The summed E-state index contributed by atoms with van der Waals surface area (Å²) in [5, 5.41) is 8.62. The third kappa shape index (κ3) is 3.80. The predicted octanol–water partition coefficient (Wildman–Crippen LogP) is 1.83. The molecule has 1 rings (SSSR count). The monoisotopic (exact) mass is 270 g/mol. The molecule has 5 heteroatoms. The van der Waals surface area contributed by atoms with E-state index in [9.17, 15) is 8.42 Å². The molecule has 0 aliphatic heterocycles. The van der Waals surface area contributed by atoms with Crippen LogP contribution in [0.15, 0.2) is 29.2 Å². The molecule has 0 aliphatic rings. The average molecular weight is 270 g/mol. The van der Waals surface area contributed by atoms with E-state index >= 15 is 0 Å². The molecule has 2 atom stereocenters. The van der Waals surface area contributed by atoms with Crippen LogP contribution >= 0.6 is 0 Å². The lowest BCUT2D eigenvalue weighted by molar-refractivity contribution is 0.476. The molecule has 0 amide bonds. The molecule has 0 bridgehead atoms. The Morgan fingerprint density at radius 2 is 1.89 bits per heavy atom. The van der Waals surface area contributed by atoms with Crippen LogP contribution in [0.1, 0.15) is 38.7 Å². The van der Waals surface area contributed by atoms with Crippen LogP contribution in [0.25, 0.3) is 0 Å². The smallest absolute Gasteiger partial charge is 0.238 e. The van der Waals surface area contributed by atoms with Crippen molar-refractivity contribution < 1.29 is 8.42 Å². The van der Waals surface area contributed by atoms with Gasteiger partial charge in [-0.25, -0.2) is 13.6 Å². The van der Waals surface area contributed by atoms with Gasteiger partial charge < -0.3 is 5.32 Å². The molecule has 1 aromatic carbocycles. The highest BCUT2D eigenvalue weighted by Crippen LogP contribution is 2.25. The Hall–Kier alpha value is -0.910. The van der Waals surface area contributed by atoms with Crippen molar-refractivity contribution in [2.24, 2.45) is 5.14 Å². The standard InChI is InChI=1S/C13H22N2O2S/c1-4-9-15-11(3)10(2)12-7-5-6-8-13(12)18(14,16)17/h5-8,10-11,15H,4,9H2,1-3H3,(H2,14,16,17). The molecule has 18 heavy (non-hydrogen) atoms. The van der Waals surface area contributed by atoms with E-state index in [4.69, 9.17) is 5.14 Å². The fourth-order valence-corrected chi connectivity index (χ4v) is 2.78. The zero-order valence-corrected chi connectivity index (χ0v) is 12.0. The van der Waals surface area contributed by atoms with Gasteiger partial charge in [-0.3, -0.25) is 0 Å². The Labute approximate surface area is 110 Å². The Balaban J connectivity index is 3.02. The van der Waals surface area contributed by atoms with Crippen LogP contribution in [0.2, 0.25) is 0 Å². The molecular formula is C13H22N2O2S. The molecule has 0 heterocycles. The number of primary sulfonamides is 1. The van der Waals surface area contributed by atoms with Crippen molar-refractivity contribution in [3.63, 3.8) is 0 Å². The van der Waals surface area contributed by atoms with Crippen LogP contribution in [0.5, 0.6) is 0 Å². The molecule has 0 aliphatic carbocycles. The number of nitrogens with two attached hydrogens (primary N) is 1. The Morgan fingerprint density at radius 1 is 1.28 bits per heavy atom. The molecule has 3 N–H and O–H groups in total. The van der Waals surface area contributed by atoms with Crippen LogP contribution in [0.3, 0.4) is 0 Å². The summed E-state index contributed by atoms with van der Waals surface area (Å²) in [5.74, 6) is 0.0890. The summed E-state index contributed by atoms with van der Waals surface area (Å²) in [7, 11) is -3.66. The Kier molecular flexibility index (Phi) is 5.31. The van der Waals surface area contributed by atoms with Crippen molar-refractivity contribution in [2.75, 3.05) is 6.54 Å². The largest absolute Gasteiger partial charge is 0.314 e. The van der Waals surface area contributed by atoms with E-state index in [1.54, 1.807) is 12.1 Å². The number of hydrogen-bond donors (Lipinski definition) is 2. The van der Waals surface area contributed by atoms with Crippen molar-refractivity contribution in [2.45, 2.75) is 44.0 Å². The molecule has 0 spiro atoms. The Morgan fingerprint density at radius 3 is 2.44 bits per heavy atom. The van der Waals surface area contributed by atoms with Gasteiger partial charge in [0.1, 0.15) is 0 Å². The molecule has 4 nitrogen and oxygen atoms in total. The lowest BCUT2D eigenvalue weighted by Crippen LogP contribution is -2.32. The molecule has 0 saturated heterocycles. The van der Waals surface area contributed by atoms with Crippen LogP contribution in [0.4, 0.5) is 0 Å². The Bertz CT molecular complexity index is 486. The second-order valence-electron chi connectivity index (χ2n) is 4.61. The van der Waals surface area contributed by atoms with Crippen LogP contribution in [-0.4, -0.2) is 21.0 Å². The highest BCUT2D eigenvalue weighted by molar-refractivity contribution is 7.89. The molecule has 1 aromatic rings. The maximum atomic E-state index is 11.6. The van der Waals surface area contributed by atoms with Crippen molar-refractivity contribution in [3.8, 4) is 0 Å². The van der Waals surface area contributed by atoms with Gasteiger partial charge in [0.2, 0.25) is 10.0 Å². The van der Waals surface area contributed by atoms with Crippen LogP contribution in [0, 0.1) is 0 Å². The van der Waals surface area contributed by atoms with E-state index < -0.39 is 10.0 Å². The van der Waals surface area contributed by atoms with Crippen LogP contribution < -0.4 is 10.5 Å². The molecule has 0 aromatic heterocycles. The summed E-state index contributed by atoms with van der Waals surface area (Å²) in [5.41, 5.74) is 0.774. The topological polar surface area (TPSA) is 72.2 Å². The fraction of sp³-hybridized carbons (Fsp3) is 0.538. The first-order valence-electron chi connectivity index (χ1n) is 6.23. The van der Waals surface area contributed by atoms with Crippen molar-refractivity contribution in [1.29, 1.82) is 0 Å². The van der Waals surface area contributed by atoms with Crippen molar-refractivity contribution in [1.82, 2.24) is 5.32 Å². The van der Waals surface area contributed by atoms with Gasteiger partial charge in [-0.1, -0.05) is 32.0 Å². The number of nitrogens with one attached hydrogen (secondary N) is 1. The quantitative estimate of drug-likeness (QED) is 0.828. The fourth-order valence-electron chi connectivity index (χ4n) is 1.93. The minimum Gasteiger partial charge on any atom is -0.314 e.